The van der Waals surface area contributed by atoms with Crippen molar-refractivity contribution in [1.29, 1.82) is 0 Å². The van der Waals surface area contributed by atoms with Gasteiger partial charge in [-0.25, -0.2) is 9.97 Å². The van der Waals surface area contributed by atoms with Crippen LogP contribution in [-0.4, -0.2) is 30.8 Å². The van der Waals surface area contributed by atoms with E-state index in [0.29, 0.717) is 18.5 Å². The Balaban J connectivity index is 1.43. The van der Waals surface area contributed by atoms with Crippen LogP contribution in [0.2, 0.25) is 0 Å². The summed E-state index contributed by atoms with van der Waals surface area (Å²) in [6.45, 7) is 2.26. The van der Waals surface area contributed by atoms with Crippen molar-refractivity contribution in [3.05, 3.63) is 90.3 Å². The molecule has 0 spiro atoms. The molecule has 4 aromatic heterocycles. The molecule has 1 fully saturated rings. The molecule has 6 heteroatoms. The number of aromatic nitrogens is 4. The SMILES string of the molecule is c1ccc(OCc2c(CN3CCCC3c3ccccn3)nc3ccccn23)nc1. The number of hydrogen-bond donors (Lipinski definition) is 0. The van der Waals surface area contributed by atoms with E-state index in [2.05, 4.69) is 31.4 Å². The van der Waals surface area contributed by atoms with Gasteiger partial charge in [0.05, 0.1) is 23.1 Å². The topological polar surface area (TPSA) is 55.5 Å². The van der Waals surface area contributed by atoms with Crippen LogP contribution in [0.1, 0.15) is 36.0 Å². The summed E-state index contributed by atoms with van der Waals surface area (Å²) in [6, 6.07) is 18.3. The summed E-state index contributed by atoms with van der Waals surface area (Å²) in [5.41, 5.74) is 4.20. The lowest BCUT2D eigenvalue weighted by atomic mass is 10.1. The van der Waals surface area contributed by atoms with E-state index in [-0.39, 0.29) is 0 Å². The average Bonchev–Trinajstić information content (AvgIpc) is 3.38. The molecule has 6 nitrogen and oxygen atoms in total. The molecule has 5 rings (SSSR count). The number of ether oxygens (including phenoxy) is 1. The summed E-state index contributed by atoms with van der Waals surface area (Å²) in [5.74, 6) is 0.622. The van der Waals surface area contributed by atoms with E-state index in [4.69, 9.17) is 9.72 Å². The average molecular weight is 385 g/mol. The van der Waals surface area contributed by atoms with Gasteiger partial charge in [-0.15, -0.1) is 0 Å². The molecule has 0 amide bonds. The first-order valence-corrected chi connectivity index (χ1v) is 10.0. The predicted octanol–water partition coefficient (Wildman–Crippen LogP) is 4.04. The van der Waals surface area contributed by atoms with Gasteiger partial charge in [0.1, 0.15) is 12.3 Å². The number of pyridine rings is 3. The normalized spacial score (nSPS) is 17.0. The molecule has 1 saturated heterocycles. The van der Waals surface area contributed by atoms with Gasteiger partial charge in [-0.05, 0) is 49.7 Å². The summed E-state index contributed by atoms with van der Waals surface area (Å²) < 4.78 is 8.09. The monoisotopic (exact) mass is 385 g/mol. The van der Waals surface area contributed by atoms with Crippen LogP contribution in [0.25, 0.3) is 5.65 Å². The number of rotatable bonds is 6. The Morgan fingerprint density at radius 3 is 2.66 bits per heavy atom. The van der Waals surface area contributed by atoms with Crippen molar-refractivity contribution in [2.75, 3.05) is 6.54 Å². The Bertz CT molecular complexity index is 1080. The van der Waals surface area contributed by atoms with Crippen LogP contribution in [0.15, 0.2) is 73.2 Å². The summed E-state index contributed by atoms with van der Waals surface area (Å²) in [4.78, 5) is 16.3. The highest BCUT2D eigenvalue weighted by atomic mass is 16.5. The number of hydrogen-bond acceptors (Lipinski definition) is 5. The minimum atomic E-state index is 0.338. The van der Waals surface area contributed by atoms with Crippen LogP contribution >= 0.6 is 0 Å². The van der Waals surface area contributed by atoms with Crippen molar-refractivity contribution < 1.29 is 4.74 Å². The van der Waals surface area contributed by atoms with E-state index < -0.39 is 0 Å². The smallest absolute Gasteiger partial charge is 0.213 e. The van der Waals surface area contributed by atoms with Crippen molar-refractivity contribution in [2.24, 2.45) is 0 Å². The fourth-order valence-corrected chi connectivity index (χ4v) is 4.07. The Morgan fingerprint density at radius 2 is 1.83 bits per heavy atom. The van der Waals surface area contributed by atoms with Crippen molar-refractivity contribution in [1.82, 2.24) is 24.3 Å². The largest absolute Gasteiger partial charge is 0.471 e. The first kappa shape index (κ1) is 17.8. The fourth-order valence-electron chi connectivity index (χ4n) is 4.07. The molecular formula is C23H23N5O. The minimum absolute atomic E-state index is 0.338. The quantitative estimate of drug-likeness (QED) is 0.501. The van der Waals surface area contributed by atoms with E-state index in [9.17, 15) is 0 Å². The van der Waals surface area contributed by atoms with Gasteiger partial charge >= 0.3 is 0 Å². The predicted molar refractivity (Wildman–Crippen MR) is 110 cm³/mol. The highest BCUT2D eigenvalue weighted by Crippen LogP contribution is 2.32. The first-order chi connectivity index (χ1) is 14.4. The molecule has 0 saturated carbocycles. The summed E-state index contributed by atoms with van der Waals surface area (Å²) in [5, 5.41) is 0. The second-order valence-electron chi connectivity index (χ2n) is 7.27. The molecule has 29 heavy (non-hydrogen) atoms. The second kappa shape index (κ2) is 8.01. The van der Waals surface area contributed by atoms with E-state index in [1.165, 1.54) is 6.42 Å². The van der Waals surface area contributed by atoms with E-state index in [1.807, 2.05) is 54.9 Å². The molecule has 146 valence electrons. The van der Waals surface area contributed by atoms with E-state index in [0.717, 1.165) is 42.2 Å². The van der Waals surface area contributed by atoms with E-state index in [1.54, 1.807) is 6.20 Å². The lowest BCUT2D eigenvalue weighted by molar-refractivity contribution is 0.236. The molecule has 0 bridgehead atoms. The standard InChI is InChI=1S/C23H23N5O/c1-4-12-24-18(8-1)20-9-7-14-27(20)16-19-21(17-29-23-11-2-5-13-25-23)28-15-6-3-10-22(28)26-19/h1-6,8,10-13,15,20H,7,9,14,16-17H2. The maximum Gasteiger partial charge on any atom is 0.213 e. The molecule has 0 aliphatic carbocycles. The number of imidazole rings is 1. The Kier molecular flexibility index (Phi) is 4.92. The maximum atomic E-state index is 5.97. The number of likely N-dealkylation sites (tertiary alicyclic amines) is 1. The van der Waals surface area contributed by atoms with Gasteiger partial charge in [-0.3, -0.25) is 9.88 Å². The zero-order valence-corrected chi connectivity index (χ0v) is 16.2. The molecule has 1 atom stereocenters. The lowest BCUT2D eigenvalue weighted by Crippen LogP contribution is -2.24. The minimum Gasteiger partial charge on any atom is -0.471 e. The van der Waals surface area contributed by atoms with Crippen molar-refractivity contribution in [3.8, 4) is 5.88 Å². The van der Waals surface area contributed by atoms with Gasteiger partial charge in [0, 0.05) is 31.2 Å². The molecule has 4 aromatic rings. The molecule has 1 unspecified atom stereocenters. The summed E-state index contributed by atoms with van der Waals surface area (Å²) >= 11 is 0. The Labute approximate surface area is 169 Å². The van der Waals surface area contributed by atoms with Crippen molar-refractivity contribution in [2.45, 2.75) is 32.0 Å². The van der Waals surface area contributed by atoms with Gasteiger partial charge in [-0.1, -0.05) is 18.2 Å². The molecule has 5 heterocycles. The first-order valence-electron chi connectivity index (χ1n) is 10.0. The molecule has 1 aliphatic heterocycles. The highest BCUT2D eigenvalue weighted by molar-refractivity contribution is 5.43. The molecule has 0 radical (unpaired) electrons. The summed E-state index contributed by atoms with van der Waals surface area (Å²) in [6.07, 6.45) is 7.97. The van der Waals surface area contributed by atoms with Gasteiger partial charge in [0.25, 0.3) is 0 Å². The molecule has 0 aromatic carbocycles. The second-order valence-corrected chi connectivity index (χ2v) is 7.27. The zero-order valence-electron chi connectivity index (χ0n) is 16.2. The van der Waals surface area contributed by atoms with Gasteiger partial charge in [0.15, 0.2) is 0 Å². The Hall–Kier alpha value is -3.25. The van der Waals surface area contributed by atoms with Crippen molar-refractivity contribution in [3.63, 3.8) is 0 Å². The van der Waals surface area contributed by atoms with Crippen LogP contribution in [0, 0.1) is 0 Å². The summed E-state index contributed by atoms with van der Waals surface area (Å²) in [7, 11) is 0. The molecular weight excluding hydrogens is 362 g/mol. The zero-order chi connectivity index (χ0) is 19.5. The molecule has 1 aliphatic rings. The van der Waals surface area contributed by atoms with Crippen LogP contribution in [0.4, 0.5) is 0 Å². The van der Waals surface area contributed by atoms with Crippen LogP contribution < -0.4 is 4.74 Å². The fraction of sp³-hybridized carbons (Fsp3) is 0.261. The highest BCUT2D eigenvalue weighted by Gasteiger charge is 2.28. The third-order valence-corrected chi connectivity index (χ3v) is 5.45. The van der Waals surface area contributed by atoms with Crippen molar-refractivity contribution >= 4 is 5.65 Å². The van der Waals surface area contributed by atoms with E-state index >= 15 is 0 Å². The maximum absolute atomic E-state index is 5.97. The molecule has 0 N–H and O–H groups in total. The van der Waals surface area contributed by atoms with Crippen LogP contribution in [0.3, 0.4) is 0 Å². The van der Waals surface area contributed by atoms with Gasteiger partial charge in [-0.2, -0.15) is 0 Å². The third kappa shape index (κ3) is 3.71. The third-order valence-electron chi connectivity index (χ3n) is 5.45. The Morgan fingerprint density at radius 1 is 0.966 bits per heavy atom. The van der Waals surface area contributed by atoms with Gasteiger partial charge in [0.2, 0.25) is 5.88 Å². The number of fused-ring (bicyclic) bond motifs is 1. The van der Waals surface area contributed by atoms with Gasteiger partial charge < -0.3 is 9.14 Å². The number of nitrogens with zero attached hydrogens (tertiary/aromatic N) is 5. The van der Waals surface area contributed by atoms with Crippen LogP contribution in [-0.2, 0) is 13.2 Å². The van der Waals surface area contributed by atoms with Crippen LogP contribution in [0.5, 0.6) is 5.88 Å². The lowest BCUT2D eigenvalue weighted by Gasteiger charge is -2.23.